The van der Waals surface area contributed by atoms with Gasteiger partial charge in [-0.2, -0.15) is 5.10 Å². The molecule has 2 atom stereocenters. The number of nitrogens with zero attached hydrogens (tertiary/aromatic N) is 4. The predicted molar refractivity (Wildman–Crippen MR) is 125 cm³/mol. The molecule has 1 aliphatic heterocycles. The molecule has 2 heterocycles. The van der Waals surface area contributed by atoms with Crippen molar-refractivity contribution in [2.24, 2.45) is 12.0 Å². The molecule has 1 fully saturated rings. The fourth-order valence-corrected chi connectivity index (χ4v) is 3.40. The quantitative estimate of drug-likeness (QED) is 0.377. The fourth-order valence-electron chi connectivity index (χ4n) is 3.40. The highest BCUT2D eigenvalue weighted by atomic mass is 127. The van der Waals surface area contributed by atoms with E-state index in [-0.39, 0.29) is 30.1 Å². The number of nitrogens with one attached hydrogen (secondary N) is 1. The van der Waals surface area contributed by atoms with Gasteiger partial charge >= 0.3 is 0 Å². The number of likely N-dealkylation sites (tertiary alicyclic amines) is 1. The largest absolute Gasteiger partial charge is 0.489 e. The predicted octanol–water partition coefficient (Wildman–Crippen LogP) is 3.57. The molecule has 6 nitrogen and oxygen atoms in total. The Morgan fingerprint density at radius 2 is 2.11 bits per heavy atom. The summed E-state index contributed by atoms with van der Waals surface area (Å²) in [5.74, 6) is 2.39. The number of aliphatic imine (C=N–C) groups is 1. The zero-order chi connectivity index (χ0) is 19.2. The lowest BCUT2D eigenvalue weighted by molar-refractivity contribution is 0.229. The van der Waals surface area contributed by atoms with Crippen molar-refractivity contribution < 1.29 is 4.74 Å². The summed E-state index contributed by atoms with van der Waals surface area (Å²) < 4.78 is 7.87. The van der Waals surface area contributed by atoms with E-state index in [2.05, 4.69) is 54.4 Å². The molecule has 1 N–H and O–H groups in total. The summed E-state index contributed by atoms with van der Waals surface area (Å²) in [6.07, 6.45) is 5.26. The Labute approximate surface area is 185 Å². The van der Waals surface area contributed by atoms with Crippen LogP contribution in [0.3, 0.4) is 0 Å². The van der Waals surface area contributed by atoms with E-state index in [0.29, 0.717) is 12.5 Å². The van der Waals surface area contributed by atoms with E-state index < -0.39 is 0 Å². The van der Waals surface area contributed by atoms with Crippen LogP contribution < -0.4 is 10.1 Å². The summed E-state index contributed by atoms with van der Waals surface area (Å²) in [7, 11) is 1.97. The Bertz CT molecular complexity index is 758. The zero-order valence-corrected chi connectivity index (χ0v) is 19.6. The van der Waals surface area contributed by atoms with Gasteiger partial charge < -0.3 is 15.0 Å². The molecule has 28 heavy (non-hydrogen) atoms. The zero-order valence-electron chi connectivity index (χ0n) is 17.3. The first kappa shape index (κ1) is 22.5. The lowest BCUT2D eigenvalue weighted by atomic mass is 10.0. The van der Waals surface area contributed by atoms with Crippen LogP contribution in [0, 0.1) is 6.92 Å². The van der Waals surface area contributed by atoms with Gasteiger partial charge in [-0.3, -0.25) is 4.68 Å². The van der Waals surface area contributed by atoms with Crippen molar-refractivity contribution in [1.82, 2.24) is 20.0 Å². The maximum Gasteiger partial charge on any atom is 0.194 e. The van der Waals surface area contributed by atoms with Crippen molar-refractivity contribution in [2.45, 2.75) is 39.2 Å². The molecule has 1 saturated heterocycles. The van der Waals surface area contributed by atoms with Gasteiger partial charge in [0.15, 0.2) is 5.96 Å². The summed E-state index contributed by atoms with van der Waals surface area (Å²) >= 11 is 0. The van der Waals surface area contributed by atoms with E-state index in [4.69, 9.17) is 9.73 Å². The van der Waals surface area contributed by atoms with E-state index in [1.165, 1.54) is 11.1 Å². The van der Waals surface area contributed by atoms with Crippen LogP contribution in [0.25, 0.3) is 0 Å². The Hall–Kier alpha value is -1.77. The van der Waals surface area contributed by atoms with Crippen molar-refractivity contribution in [2.75, 3.05) is 26.2 Å². The number of guanidine groups is 1. The van der Waals surface area contributed by atoms with Gasteiger partial charge in [0, 0.05) is 38.8 Å². The van der Waals surface area contributed by atoms with Crippen molar-refractivity contribution in [1.29, 1.82) is 0 Å². The molecule has 0 radical (unpaired) electrons. The minimum atomic E-state index is 0. The molecule has 154 valence electrons. The van der Waals surface area contributed by atoms with Gasteiger partial charge in [-0.05, 0) is 44.9 Å². The fraction of sp³-hybridized carbons (Fsp3) is 0.524. The maximum atomic E-state index is 5.99. The van der Waals surface area contributed by atoms with Crippen LogP contribution >= 0.6 is 24.0 Å². The van der Waals surface area contributed by atoms with E-state index in [0.717, 1.165) is 37.8 Å². The normalized spacial score (nSPS) is 17.9. The van der Waals surface area contributed by atoms with Crippen LogP contribution in [0.4, 0.5) is 0 Å². The van der Waals surface area contributed by atoms with Gasteiger partial charge in [-0.1, -0.05) is 17.7 Å². The highest BCUT2D eigenvalue weighted by Crippen LogP contribution is 2.26. The molecule has 7 heteroatoms. The Morgan fingerprint density at radius 3 is 2.75 bits per heavy atom. The smallest absolute Gasteiger partial charge is 0.194 e. The molecule has 1 aromatic heterocycles. The third kappa shape index (κ3) is 6.12. The van der Waals surface area contributed by atoms with Crippen molar-refractivity contribution in [3.63, 3.8) is 0 Å². The summed E-state index contributed by atoms with van der Waals surface area (Å²) in [6.45, 7) is 9.73. The van der Waals surface area contributed by atoms with Gasteiger partial charge in [-0.15, -0.1) is 24.0 Å². The SMILES string of the molecule is CCNC(=NCC(C)Oc1ccc(C)cc1)N1CCC(c2cnn(C)c2)C1.I. The lowest BCUT2D eigenvalue weighted by Crippen LogP contribution is -2.40. The van der Waals surface area contributed by atoms with Gasteiger partial charge in [0.05, 0.1) is 12.7 Å². The summed E-state index contributed by atoms with van der Waals surface area (Å²) in [5.41, 5.74) is 2.55. The van der Waals surface area contributed by atoms with Crippen LogP contribution in [0.15, 0.2) is 41.7 Å². The highest BCUT2D eigenvalue weighted by Gasteiger charge is 2.27. The van der Waals surface area contributed by atoms with Crippen LogP contribution in [-0.4, -0.2) is 52.9 Å². The number of aromatic nitrogens is 2. The van der Waals surface area contributed by atoms with E-state index in [1.54, 1.807) is 0 Å². The minimum absolute atomic E-state index is 0. The number of hydrogen-bond donors (Lipinski definition) is 1. The van der Waals surface area contributed by atoms with Gasteiger partial charge in [-0.25, -0.2) is 4.99 Å². The van der Waals surface area contributed by atoms with Crippen molar-refractivity contribution >= 4 is 29.9 Å². The average Bonchev–Trinajstić information content (AvgIpc) is 3.29. The second kappa shape index (κ2) is 10.7. The standard InChI is InChI=1S/C21H31N5O.HI/c1-5-22-21(23-12-17(3)27-20-8-6-16(2)7-9-20)26-11-10-18(15-26)19-13-24-25(4)14-19;/h6-9,13-14,17-18H,5,10-12,15H2,1-4H3,(H,22,23);1H. The van der Waals surface area contributed by atoms with Crippen LogP contribution in [0.1, 0.15) is 37.3 Å². The average molecular weight is 497 g/mol. The summed E-state index contributed by atoms with van der Waals surface area (Å²) in [4.78, 5) is 7.18. The Kier molecular flexibility index (Phi) is 8.59. The first-order chi connectivity index (χ1) is 13.0. The maximum absolute atomic E-state index is 5.99. The third-order valence-corrected chi connectivity index (χ3v) is 4.88. The third-order valence-electron chi connectivity index (χ3n) is 4.88. The monoisotopic (exact) mass is 497 g/mol. The Morgan fingerprint density at radius 1 is 1.36 bits per heavy atom. The van der Waals surface area contributed by atoms with E-state index in [9.17, 15) is 0 Å². The summed E-state index contributed by atoms with van der Waals surface area (Å²) in [6, 6.07) is 8.16. The molecule has 2 unspecified atom stereocenters. The summed E-state index contributed by atoms with van der Waals surface area (Å²) in [5, 5.41) is 7.74. The molecule has 1 aromatic carbocycles. The van der Waals surface area contributed by atoms with Gasteiger partial charge in [0.2, 0.25) is 0 Å². The van der Waals surface area contributed by atoms with E-state index in [1.807, 2.05) is 30.1 Å². The molecule has 0 amide bonds. The minimum Gasteiger partial charge on any atom is -0.489 e. The molecular weight excluding hydrogens is 465 g/mol. The molecular formula is C21H32IN5O. The van der Waals surface area contributed by atoms with Crippen molar-refractivity contribution in [3.05, 3.63) is 47.8 Å². The van der Waals surface area contributed by atoms with Crippen LogP contribution in [0.2, 0.25) is 0 Å². The Balaban J connectivity index is 0.00000280. The first-order valence-corrected chi connectivity index (χ1v) is 9.80. The molecule has 1 aliphatic rings. The van der Waals surface area contributed by atoms with Crippen LogP contribution in [0.5, 0.6) is 5.75 Å². The van der Waals surface area contributed by atoms with Gasteiger partial charge in [0.1, 0.15) is 11.9 Å². The lowest BCUT2D eigenvalue weighted by Gasteiger charge is -2.22. The molecule has 0 aliphatic carbocycles. The van der Waals surface area contributed by atoms with Crippen molar-refractivity contribution in [3.8, 4) is 5.75 Å². The number of hydrogen-bond acceptors (Lipinski definition) is 3. The first-order valence-electron chi connectivity index (χ1n) is 9.80. The second-order valence-corrected chi connectivity index (χ2v) is 7.32. The number of halogens is 1. The number of rotatable bonds is 6. The molecule has 2 aromatic rings. The van der Waals surface area contributed by atoms with Gasteiger partial charge in [0.25, 0.3) is 0 Å². The van der Waals surface area contributed by atoms with E-state index >= 15 is 0 Å². The number of benzene rings is 1. The number of ether oxygens (including phenoxy) is 1. The molecule has 0 saturated carbocycles. The highest BCUT2D eigenvalue weighted by molar-refractivity contribution is 14.0. The molecule has 3 rings (SSSR count). The topological polar surface area (TPSA) is 54.7 Å². The van der Waals surface area contributed by atoms with Crippen LogP contribution in [-0.2, 0) is 7.05 Å². The second-order valence-electron chi connectivity index (χ2n) is 7.32. The number of aryl methyl sites for hydroxylation is 2. The molecule has 0 spiro atoms. The molecule has 0 bridgehead atoms.